The van der Waals surface area contributed by atoms with Crippen molar-refractivity contribution in [2.75, 3.05) is 5.32 Å². The normalized spacial score (nSPS) is 11.1. The molecule has 2 aromatic rings. The number of pyridine rings is 1. The zero-order valence-electron chi connectivity index (χ0n) is 11.7. The van der Waals surface area contributed by atoms with Crippen LogP contribution in [0.1, 0.15) is 15.9 Å². The lowest BCUT2D eigenvalue weighted by Gasteiger charge is -2.10. The second kappa shape index (κ2) is 6.85. The number of carbonyl (C=O) groups is 1. The van der Waals surface area contributed by atoms with Gasteiger partial charge in [0.05, 0.1) is 5.56 Å². The van der Waals surface area contributed by atoms with Crippen molar-refractivity contribution in [3.63, 3.8) is 0 Å². The Hall–Kier alpha value is -2.66. The average Bonchev–Trinajstić information content (AvgIpc) is 2.48. The van der Waals surface area contributed by atoms with Crippen molar-refractivity contribution >= 4 is 19.0 Å². The molecule has 126 valence electrons. The van der Waals surface area contributed by atoms with Gasteiger partial charge < -0.3 is 20.0 Å². The lowest BCUT2D eigenvalue weighted by molar-refractivity contribution is -0.137. The zero-order valence-corrected chi connectivity index (χ0v) is 11.7. The van der Waals surface area contributed by atoms with Gasteiger partial charge in [0.25, 0.3) is 5.91 Å². The van der Waals surface area contributed by atoms with Crippen LogP contribution < -0.4 is 9.97 Å². The van der Waals surface area contributed by atoms with Gasteiger partial charge in [0, 0.05) is 11.8 Å². The third kappa shape index (κ3) is 4.43. The Morgan fingerprint density at radius 2 is 1.92 bits per heavy atom. The zero-order chi connectivity index (χ0) is 17.9. The largest absolute Gasteiger partial charge is 0.707 e. The highest BCUT2D eigenvalue weighted by Gasteiger charge is 2.30. The maximum atomic E-state index is 13.6. The number of hydrogen-bond donors (Lipinski definition) is 3. The van der Waals surface area contributed by atoms with Crippen LogP contribution in [0.25, 0.3) is 0 Å². The summed E-state index contributed by atoms with van der Waals surface area (Å²) in [6, 6.07) is 4.14. The molecule has 0 saturated heterocycles. The number of alkyl halides is 3. The monoisotopic (exact) mass is 344 g/mol. The first-order valence-corrected chi connectivity index (χ1v) is 6.34. The first kappa shape index (κ1) is 17.7. The smallest absolute Gasteiger partial charge is 0.510 e. The summed E-state index contributed by atoms with van der Waals surface area (Å²) in [7, 11) is -2.24. The summed E-state index contributed by atoms with van der Waals surface area (Å²) in [4.78, 5) is 15.5. The maximum absolute atomic E-state index is 13.6. The van der Waals surface area contributed by atoms with Crippen LogP contribution in [-0.4, -0.2) is 28.3 Å². The molecule has 6 nitrogen and oxygen atoms in total. The van der Waals surface area contributed by atoms with E-state index in [0.29, 0.717) is 6.07 Å². The van der Waals surface area contributed by atoms with Gasteiger partial charge in [0.15, 0.2) is 5.82 Å². The van der Waals surface area contributed by atoms with E-state index in [1.165, 1.54) is 0 Å². The number of benzene rings is 1. The first-order valence-electron chi connectivity index (χ1n) is 6.34. The Bertz CT molecular complexity index is 755. The van der Waals surface area contributed by atoms with Gasteiger partial charge in [0.2, 0.25) is 0 Å². The van der Waals surface area contributed by atoms with Gasteiger partial charge >= 0.3 is 13.5 Å². The van der Waals surface area contributed by atoms with E-state index in [1.54, 1.807) is 0 Å². The predicted molar refractivity (Wildman–Crippen MR) is 74.4 cm³/mol. The van der Waals surface area contributed by atoms with Gasteiger partial charge in [0.1, 0.15) is 11.6 Å². The lowest BCUT2D eigenvalue weighted by Crippen LogP contribution is -2.21. The van der Waals surface area contributed by atoms with Crippen LogP contribution >= 0.6 is 0 Å². The highest BCUT2D eigenvalue weighted by atomic mass is 19.4. The van der Waals surface area contributed by atoms with E-state index in [4.69, 9.17) is 10.0 Å². The molecule has 0 radical (unpaired) electrons. The van der Waals surface area contributed by atoms with Crippen LogP contribution in [0.2, 0.25) is 0 Å². The molecular weight excluding hydrogens is 335 g/mol. The average molecular weight is 344 g/mol. The molecule has 0 atom stereocenters. The number of aromatic nitrogens is 1. The molecule has 1 aromatic heterocycles. The van der Waals surface area contributed by atoms with Gasteiger partial charge in [-0.1, -0.05) is 0 Å². The number of hydrogen-bond acceptors (Lipinski definition) is 5. The molecule has 1 amide bonds. The van der Waals surface area contributed by atoms with Crippen LogP contribution in [0, 0.1) is 5.82 Å². The lowest BCUT2D eigenvalue weighted by atomic mass is 10.1. The van der Waals surface area contributed by atoms with Crippen molar-refractivity contribution in [3.8, 4) is 5.75 Å². The Labute approximate surface area is 132 Å². The molecule has 0 fully saturated rings. The fourth-order valence-electron chi connectivity index (χ4n) is 1.71. The van der Waals surface area contributed by atoms with E-state index >= 15 is 0 Å². The molecule has 0 saturated carbocycles. The van der Waals surface area contributed by atoms with Gasteiger partial charge in [-0.3, -0.25) is 4.79 Å². The summed E-state index contributed by atoms with van der Waals surface area (Å²) in [6.07, 6.45) is -3.72. The van der Waals surface area contributed by atoms with E-state index in [-0.39, 0.29) is 11.4 Å². The van der Waals surface area contributed by atoms with Crippen molar-refractivity contribution in [1.29, 1.82) is 0 Å². The van der Waals surface area contributed by atoms with E-state index in [0.717, 1.165) is 30.5 Å². The molecule has 24 heavy (non-hydrogen) atoms. The Kier molecular flexibility index (Phi) is 5.05. The Balaban J connectivity index is 2.17. The molecular formula is C13H9BF4N2O4. The second-order valence-electron chi connectivity index (χ2n) is 4.47. The fourth-order valence-corrected chi connectivity index (χ4v) is 1.71. The first-order chi connectivity index (χ1) is 11.2. The van der Waals surface area contributed by atoms with Gasteiger partial charge in [-0.2, -0.15) is 13.2 Å². The second-order valence-corrected chi connectivity index (χ2v) is 4.47. The Morgan fingerprint density at radius 3 is 2.50 bits per heavy atom. The molecule has 2 rings (SSSR count). The van der Waals surface area contributed by atoms with E-state index in [9.17, 15) is 22.4 Å². The number of amides is 1. The van der Waals surface area contributed by atoms with Crippen LogP contribution in [0.5, 0.6) is 5.75 Å². The standard InChI is InChI=1S/C13H9BF4N2O4/c15-9-5-7(1-2-10(9)24-14(22)23)12(21)20-11-6-8(3-4-19-11)13(16,17)18/h1-6,22-23H,(H,19,20,21). The topological polar surface area (TPSA) is 91.7 Å². The van der Waals surface area contributed by atoms with Crippen molar-refractivity contribution in [1.82, 2.24) is 4.98 Å². The van der Waals surface area contributed by atoms with E-state index < -0.39 is 36.5 Å². The van der Waals surface area contributed by atoms with Crippen molar-refractivity contribution in [2.24, 2.45) is 0 Å². The quantitative estimate of drug-likeness (QED) is 0.582. The molecule has 0 spiro atoms. The van der Waals surface area contributed by atoms with Crippen LogP contribution in [0.15, 0.2) is 36.5 Å². The SMILES string of the molecule is O=C(Nc1cc(C(F)(F)F)ccn1)c1ccc(OB(O)O)c(F)c1. The predicted octanol–water partition coefficient (Wildman–Crippen LogP) is 1.84. The number of nitrogens with zero attached hydrogens (tertiary/aromatic N) is 1. The molecule has 0 bridgehead atoms. The van der Waals surface area contributed by atoms with Crippen molar-refractivity contribution in [2.45, 2.75) is 6.18 Å². The van der Waals surface area contributed by atoms with E-state index in [2.05, 4.69) is 15.0 Å². The molecule has 1 heterocycles. The molecule has 1 aromatic carbocycles. The van der Waals surface area contributed by atoms with Gasteiger partial charge in [-0.15, -0.1) is 0 Å². The highest BCUT2D eigenvalue weighted by Crippen LogP contribution is 2.30. The molecule has 0 unspecified atom stereocenters. The molecule has 0 aliphatic rings. The van der Waals surface area contributed by atoms with Gasteiger partial charge in [-0.25, -0.2) is 9.37 Å². The summed E-state index contributed by atoms with van der Waals surface area (Å²) in [5.41, 5.74) is -1.23. The summed E-state index contributed by atoms with van der Waals surface area (Å²) in [5, 5.41) is 19.3. The number of carbonyl (C=O) groups excluding carboxylic acids is 1. The minimum Gasteiger partial charge on any atom is -0.510 e. The van der Waals surface area contributed by atoms with Crippen LogP contribution in [0.3, 0.4) is 0 Å². The maximum Gasteiger partial charge on any atom is 0.707 e. The third-order valence-corrected chi connectivity index (χ3v) is 2.76. The highest BCUT2D eigenvalue weighted by molar-refractivity contribution is 6.33. The summed E-state index contributed by atoms with van der Waals surface area (Å²) >= 11 is 0. The summed E-state index contributed by atoms with van der Waals surface area (Å²) < 4.78 is 55.7. The molecule has 0 aliphatic carbocycles. The fraction of sp³-hybridized carbons (Fsp3) is 0.0769. The van der Waals surface area contributed by atoms with Crippen molar-refractivity contribution in [3.05, 3.63) is 53.5 Å². The van der Waals surface area contributed by atoms with Crippen molar-refractivity contribution < 1.29 is 37.1 Å². The molecule has 0 aliphatic heterocycles. The molecule has 3 N–H and O–H groups in total. The van der Waals surface area contributed by atoms with E-state index in [1.807, 2.05) is 0 Å². The minimum atomic E-state index is -4.60. The third-order valence-electron chi connectivity index (χ3n) is 2.76. The number of anilines is 1. The number of halogens is 4. The summed E-state index contributed by atoms with van der Waals surface area (Å²) in [5.74, 6) is -2.84. The Morgan fingerprint density at radius 1 is 1.21 bits per heavy atom. The van der Waals surface area contributed by atoms with Gasteiger partial charge in [-0.05, 0) is 30.3 Å². The summed E-state index contributed by atoms with van der Waals surface area (Å²) in [6.45, 7) is 0. The van der Waals surface area contributed by atoms with Crippen LogP contribution in [-0.2, 0) is 6.18 Å². The molecule has 11 heteroatoms. The number of rotatable bonds is 4. The number of nitrogens with one attached hydrogen (secondary N) is 1. The minimum absolute atomic E-state index is 0.230. The van der Waals surface area contributed by atoms with Crippen LogP contribution in [0.4, 0.5) is 23.4 Å².